The number of aromatic nitrogens is 3. The minimum Gasteiger partial charge on any atom is -0.310 e. The molecule has 0 radical (unpaired) electrons. The van der Waals surface area contributed by atoms with Gasteiger partial charge in [-0.1, -0.05) is 20.3 Å². The summed E-state index contributed by atoms with van der Waals surface area (Å²) in [6.45, 7) is 9.72. The van der Waals surface area contributed by atoms with Crippen LogP contribution in [0.15, 0.2) is 12.3 Å². The number of nitrogens with zero attached hydrogens (tertiary/aromatic N) is 3. The van der Waals surface area contributed by atoms with Gasteiger partial charge >= 0.3 is 0 Å². The Balaban J connectivity index is 2.01. The van der Waals surface area contributed by atoms with Gasteiger partial charge in [-0.15, -0.1) is 0 Å². The van der Waals surface area contributed by atoms with Crippen molar-refractivity contribution in [1.29, 1.82) is 0 Å². The van der Waals surface area contributed by atoms with Crippen LogP contribution >= 0.6 is 0 Å². The van der Waals surface area contributed by atoms with Gasteiger partial charge in [-0.2, -0.15) is 5.10 Å². The maximum absolute atomic E-state index is 4.52. The van der Waals surface area contributed by atoms with Gasteiger partial charge in [0, 0.05) is 31.2 Å². The second-order valence-electron chi connectivity index (χ2n) is 5.95. The van der Waals surface area contributed by atoms with E-state index in [0.29, 0.717) is 6.04 Å². The van der Waals surface area contributed by atoms with Crippen molar-refractivity contribution in [2.45, 2.75) is 53.1 Å². The van der Waals surface area contributed by atoms with Crippen molar-refractivity contribution in [3.05, 3.63) is 23.5 Å². The molecule has 2 rings (SSSR count). The predicted molar refractivity (Wildman–Crippen MR) is 83.6 cm³/mol. The zero-order valence-corrected chi connectivity index (χ0v) is 13.3. The number of fused-ring (bicyclic) bond motifs is 1. The first-order chi connectivity index (χ1) is 9.51. The van der Waals surface area contributed by atoms with E-state index in [9.17, 15) is 0 Å². The van der Waals surface area contributed by atoms with Crippen LogP contribution in [-0.2, 0) is 13.6 Å². The zero-order valence-electron chi connectivity index (χ0n) is 13.3. The van der Waals surface area contributed by atoms with E-state index < -0.39 is 0 Å². The van der Waals surface area contributed by atoms with E-state index in [1.165, 1.54) is 18.4 Å². The third-order valence-electron chi connectivity index (χ3n) is 4.03. The summed E-state index contributed by atoms with van der Waals surface area (Å²) >= 11 is 0. The molecule has 1 N–H and O–H groups in total. The minimum absolute atomic E-state index is 0.538. The molecule has 0 aliphatic rings. The Hall–Kier alpha value is -1.42. The molecule has 0 saturated carbocycles. The first-order valence-corrected chi connectivity index (χ1v) is 7.52. The topological polar surface area (TPSA) is 42.7 Å². The molecular weight excluding hydrogens is 248 g/mol. The number of rotatable bonds is 6. The summed E-state index contributed by atoms with van der Waals surface area (Å²) < 4.78 is 1.84. The third-order valence-corrected chi connectivity index (χ3v) is 4.03. The maximum Gasteiger partial charge on any atom is 0.157 e. The van der Waals surface area contributed by atoms with Gasteiger partial charge in [0.05, 0.1) is 5.69 Å². The van der Waals surface area contributed by atoms with Crippen LogP contribution in [0.5, 0.6) is 0 Å². The highest BCUT2D eigenvalue weighted by Gasteiger charge is 2.09. The summed E-state index contributed by atoms with van der Waals surface area (Å²) in [6.07, 6.45) is 4.42. The molecule has 0 saturated heterocycles. The van der Waals surface area contributed by atoms with Crippen LogP contribution in [0.25, 0.3) is 11.0 Å². The molecule has 4 nitrogen and oxygen atoms in total. The average molecular weight is 274 g/mol. The van der Waals surface area contributed by atoms with Gasteiger partial charge in [0.1, 0.15) is 0 Å². The molecule has 2 unspecified atom stereocenters. The molecule has 0 aliphatic heterocycles. The van der Waals surface area contributed by atoms with Crippen LogP contribution in [0.1, 0.15) is 44.9 Å². The van der Waals surface area contributed by atoms with Crippen LogP contribution in [0, 0.1) is 12.8 Å². The number of hydrogen-bond donors (Lipinski definition) is 1. The third kappa shape index (κ3) is 3.37. The minimum atomic E-state index is 0.538. The normalized spacial score (nSPS) is 14.7. The average Bonchev–Trinajstić information content (AvgIpc) is 2.71. The Morgan fingerprint density at radius 2 is 2.10 bits per heavy atom. The molecule has 2 aromatic rings. The lowest BCUT2D eigenvalue weighted by atomic mass is 10.0. The van der Waals surface area contributed by atoms with Gasteiger partial charge < -0.3 is 5.32 Å². The van der Waals surface area contributed by atoms with Gasteiger partial charge in [-0.25, -0.2) is 4.98 Å². The largest absolute Gasteiger partial charge is 0.310 e. The second kappa shape index (κ2) is 6.35. The first-order valence-electron chi connectivity index (χ1n) is 7.52. The molecule has 0 aliphatic carbocycles. The number of hydrogen-bond acceptors (Lipinski definition) is 3. The smallest absolute Gasteiger partial charge is 0.157 e. The van der Waals surface area contributed by atoms with Crippen molar-refractivity contribution >= 4 is 11.0 Å². The van der Waals surface area contributed by atoms with Crippen LogP contribution in [0.2, 0.25) is 0 Å². The molecule has 2 atom stereocenters. The Morgan fingerprint density at radius 3 is 2.80 bits per heavy atom. The van der Waals surface area contributed by atoms with Crippen molar-refractivity contribution in [2.75, 3.05) is 0 Å². The van der Waals surface area contributed by atoms with Crippen molar-refractivity contribution in [1.82, 2.24) is 20.1 Å². The maximum atomic E-state index is 4.52. The molecule has 0 spiro atoms. The fourth-order valence-electron chi connectivity index (χ4n) is 2.59. The predicted octanol–water partition coefficient (Wildman–Crippen LogP) is 3.19. The SMILES string of the molecule is CCC(C)CC(C)NCc1cnc2c(c1)c(C)nn2C. The first kappa shape index (κ1) is 15.0. The van der Waals surface area contributed by atoms with E-state index in [4.69, 9.17) is 0 Å². The van der Waals surface area contributed by atoms with E-state index >= 15 is 0 Å². The van der Waals surface area contributed by atoms with E-state index in [0.717, 1.165) is 29.2 Å². The monoisotopic (exact) mass is 274 g/mol. The lowest BCUT2D eigenvalue weighted by Gasteiger charge is -2.17. The summed E-state index contributed by atoms with van der Waals surface area (Å²) in [5, 5.41) is 9.15. The summed E-state index contributed by atoms with van der Waals surface area (Å²) in [5.74, 6) is 0.777. The summed E-state index contributed by atoms with van der Waals surface area (Å²) in [7, 11) is 1.94. The molecule has 0 aromatic carbocycles. The molecule has 2 aromatic heterocycles. The van der Waals surface area contributed by atoms with Crippen molar-refractivity contribution in [2.24, 2.45) is 13.0 Å². The van der Waals surface area contributed by atoms with Gasteiger partial charge in [-0.3, -0.25) is 4.68 Å². The standard InChI is InChI=1S/C16H26N4/c1-6-11(2)7-12(3)17-9-14-8-15-13(4)19-20(5)16(15)18-10-14/h8,10-12,17H,6-7,9H2,1-5H3. The van der Waals surface area contributed by atoms with E-state index in [2.05, 4.69) is 42.2 Å². The summed E-state index contributed by atoms with van der Waals surface area (Å²) in [6, 6.07) is 2.74. The van der Waals surface area contributed by atoms with Crippen molar-refractivity contribution in [3.63, 3.8) is 0 Å². The highest BCUT2D eigenvalue weighted by atomic mass is 15.3. The van der Waals surface area contributed by atoms with Crippen molar-refractivity contribution in [3.8, 4) is 0 Å². The molecular formula is C16H26N4. The number of aryl methyl sites for hydroxylation is 2. The van der Waals surface area contributed by atoms with Gasteiger partial charge in [0.15, 0.2) is 5.65 Å². The molecule has 20 heavy (non-hydrogen) atoms. The summed E-state index contributed by atoms with van der Waals surface area (Å²) in [4.78, 5) is 4.52. The van der Waals surface area contributed by atoms with Gasteiger partial charge in [0.25, 0.3) is 0 Å². The zero-order chi connectivity index (χ0) is 14.7. The van der Waals surface area contributed by atoms with Crippen LogP contribution < -0.4 is 5.32 Å². The highest BCUT2D eigenvalue weighted by molar-refractivity contribution is 5.78. The van der Waals surface area contributed by atoms with E-state index in [-0.39, 0.29) is 0 Å². The number of nitrogens with one attached hydrogen (secondary N) is 1. The Morgan fingerprint density at radius 1 is 1.35 bits per heavy atom. The van der Waals surface area contributed by atoms with Gasteiger partial charge in [-0.05, 0) is 37.8 Å². The molecule has 0 fully saturated rings. The molecule has 110 valence electrons. The Kier molecular flexibility index (Phi) is 4.76. The van der Waals surface area contributed by atoms with E-state index in [1.54, 1.807) is 0 Å². The van der Waals surface area contributed by atoms with E-state index in [1.807, 2.05) is 24.9 Å². The second-order valence-corrected chi connectivity index (χ2v) is 5.95. The molecule has 0 amide bonds. The van der Waals surface area contributed by atoms with Crippen LogP contribution in [0.3, 0.4) is 0 Å². The quantitative estimate of drug-likeness (QED) is 0.879. The lowest BCUT2D eigenvalue weighted by molar-refractivity contribution is 0.412. The van der Waals surface area contributed by atoms with Gasteiger partial charge in [0.2, 0.25) is 0 Å². The van der Waals surface area contributed by atoms with Crippen molar-refractivity contribution < 1.29 is 0 Å². The number of pyridine rings is 1. The Labute approximate surface area is 121 Å². The molecule has 4 heteroatoms. The Bertz CT molecular complexity index is 573. The van der Waals surface area contributed by atoms with Crippen LogP contribution in [0.4, 0.5) is 0 Å². The fourth-order valence-corrected chi connectivity index (χ4v) is 2.59. The lowest BCUT2D eigenvalue weighted by Crippen LogP contribution is -2.27. The highest BCUT2D eigenvalue weighted by Crippen LogP contribution is 2.17. The molecule has 2 heterocycles. The fraction of sp³-hybridized carbons (Fsp3) is 0.625. The summed E-state index contributed by atoms with van der Waals surface area (Å²) in [5.41, 5.74) is 3.23. The van der Waals surface area contributed by atoms with Crippen LogP contribution in [-0.4, -0.2) is 20.8 Å². The molecule has 0 bridgehead atoms.